The van der Waals surface area contributed by atoms with E-state index in [0.29, 0.717) is 22.3 Å². The van der Waals surface area contributed by atoms with Crippen molar-refractivity contribution in [2.24, 2.45) is 0 Å². The molecule has 0 amide bonds. The normalized spacial score (nSPS) is 11.4. The predicted molar refractivity (Wildman–Crippen MR) is 104 cm³/mol. The first-order chi connectivity index (χ1) is 14.1. The lowest BCUT2D eigenvalue weighted by Crippen LogP contribution is -2.02. The van der Waals surface area contributed by atoms with Crippen molar-refractivity contribution in [3.8, 4) is 17.5 Å². The van der Waals surface area contributed by atoms with Crippen molar-refractivity contribution in [1.29, 1.82) is 5.26 Å². The summed E-state index contributed by atoms with van der Waals surface area (Å²) in [6.45, 7) is 0. The molecular formula is C21H14FN5O2. The minimum Gasteiger partial charge on any atom is -0.497 e. The zero-order valence-electron chi connectivity index (χ0n) is 15.3. The number of rotatable bonds is 5. The Morgan fingerprint density at radius 3 is 2.86 bits per heavy atom. The number of Topliss-reactive ketones (excluding diaryl/α,β-unsaturated/α-hetero) is 1. The summed E-state index contributed by atoms with van der Waals surface area (Å²) in [7, 11) is 1.54. The van der Waals surface area contributed by atoms with Crippen molar-refractivity contribution in [1.82, 2.24) is 19.7 Å². The molecule has 0 atom stereocenters. The molecule has 0 aliphatic rings. The largest absolute Gasteiger partial charge is 0.497 e. The van der Waals surface area contributed by atoms with Crippen LogP contribution in [0.25, 0.3) is 22.7 Å². The summed E-state index contributed by atoms with van der Waals surface area (Å²) in [6, 6.07) is 11.5. The number of nitrogens with zero attached hydrogens (tertiary/aromatic N) is 4. The number of nitriles is 1. The number of aromatic nitrogens is 4. The molecule has 7 nitrogen and oxygen atoms in total. The van der Waals surface area contributed by atoms with E-state index in [0.717, 1.165) is 5.52 Å². The Bertz CT molecular complexity index is 1280. The van der Waals surface area contributed by atoms with Gasteiger partial charge in [-0.1, -0.05) is 6.07 Å². The standard InChI is InChI=1S/C21H14FN5O2/c1-29-15-3-4-19-16(8-15)17(10-25-19)21(28)14(9-23)6-13-2-5-20(18(22)7-13)27-12-24-11-26-27/h2-8,10-12,25H,1H3/b14-6+. The van der Waals surface area contributed by atoms with Gasteiger partial charge in [-0.05, 0) is 42.0 Å². The molecule has 4 rings (SSSR count). The number of carbonyl (C=O) groups excluding carboxylic acids is 1. The second kappa shape index (κ2) is 7.40. The summed E-state index contributed by atoms with van der Waals surface area (Å²) in [4.78, 5) is 19.7. The van der Waals surface area contributed by atoms with E-state index in [2.05, 4.69) is 15.1 Å². The number of methoxy groups -OCH3 is 1. The van der Waals surface area contributed by atoms with Crippen LogP contribution in [-0.4, -0.2) is 32.6 Å². The molecule has 4 aromatic rings. The lowest BCUT2D eigenvalue weighted by Gasteiger charge is -2.04. The second-order valence-corrected chi connectivity index (χ2v) is 6.16. The number of hydrogen-bond acceptors (Lipinski definition) is 5. The van der Waals surface area contributed by atoms with Crippen LogP contribution >= 0.6 is 0 Å². The number of H-pyrrole nitrogens is 1. The third-order valence-corrected chi connectivity index (χ3v) is 4.45. The second-order valence-electron chi connectivity index (χ2n) is 6.16. The molecule has 0 fully saturated rings. The maximum atomic E-state index is 14.4. The molecule has 29 heavy (non-hydrogen) atoms. The molecule has 0 saturated carbocycles. The molecule has 2 aromatic heterocycles. The van der Waals surface area contributed by atoms with E-state index in [1.807, 2.05) is 6.07 Å². The molecule has 0 unspecified atom stereocenters. The van der Waals surface area contributed by atoms with E-state index in [9.17, 15) is 14.4 Å². The molecular weight excluding hydrogens is 373 g/mol. The minimum atomic E-state index is -0.550. The first-order valence-electron chi connectivity index (χ1n) is 8.57. The number of halogens is 1. The molecule has 0 saturated heterocycles. The molecule has 1 N–H and O–H groups in total. The molecule has 0 bridgehead atoms. The van der Waals surface area contributed by atoms with Crippen LogP contribution in [0.1, 0.15) is 15.9 Å². The van der Waals surface area contributed by atoms with Crippen molar-refractivity contribution in [3.05, 3.63) is 77.8 Å². The van der Waals surface area contributed by atoms with Gasteiger partial charge in [-0.2, -0.15) is 10.4 Å². The van der Waals surface area contributed by atoms with E-state index < -0.39 is 11.6 Å². The highest BCUT2D eigenvalue weighted by Gasteiger charge is 2.17. The number of nitrogens with one attached hydrogen (secondary N) is 1. The number of hydrogen-bond donors (Lipinski definition) is 1. The van der Waals surface area contributed by atoms with Gasteiger partial charge in [-0.3, -0.25) is 4.79 Å². The molecule has 0 radical (unpaired) electrons. The van der Waals surface area contributed by atoms with Crippen molar-refractivity contribution >= 4 is 22.8 Å². The number of ether oxygens (including phenoxy) is 1. The van der Waals surface area contributed by atoms with Crippen molar-refractivity contribution in [2.75, 3.05) is 7.11 Å². The van der Waals surface area contributed by atoms with Gasteiger partial charge in [-0.15, -0.1) is 0 Å². The van der Waals surface area contributed by atoms with Gasteiger partial charge in [0.05, 0.1) is 7.11 Å². The fourth-order valence-corrected chi connectivity index (χ4v) is 3.01. The van der Waals surface area contributed by atoms with Gasteiger partial charge < -0.3 is 9.72 Å². The molecule has 0 aliphatic heterocycles. The van der Waals surface area contributed by atoms with E-state index in [1.54, 1.807) is 30.5 Å². The lowest BCUT2D eigenvalue weighted by atomic mass is 10.0. The van der Waals surface area contributed by atoms with Gasteiger partial charge in [0.2, 0.25) is 5.78 Å². The van der Waals surface area contributed by atoms with Crippen LogP contribution in [0.5, 0.6) is 5.75 Å². The third-order valence-electron chi connectivity index (χ3n) is 4.45. The molecule has 2 heterocycles. The number of carbonyl (C=O) groups is 1. The maximum absolute atomic E-state index is 14.4. The van der Waals surface area contributed by atoms with Crippen LogP contribution in [0.2, 0.25) is 0 Å². The van der Waals surface area contributed by atoms with Gasteiger partial charge in [0.1, 0.15) is 41.6 Å². The third kappa shape index (κ3) is 3.37. The summed E-state index contributed by atoms with van der Waals surface area (Å²) in [5.74, 6) is -0.419. The lowest BCUT2D eigenvalue weighted by molar-refractivity contribution is 0.104. The number of benzene rings is 2. The van der Waals surface area contributed by atoms with E-state index in [-0.39, 0.29) is 11.3 Å². The molecule has 2 aromatic carbocycles. The predicted octanol–water partition coefficient (Wildman–Crippen LogP) is 3.69. The summed E-state index contributed by atoms with van der Waals surface area (Å²) in [5.41, 5.74) is 1.57. The number of allylic oxidation sites excluding steroid dienone is 1. The Hall–Kier alpha value is -4.25. The highest BCUT2D eigenvalue weighted by atomic mass is 19.1. The van der Waals surface area contributed by atoms with E-state index in [4.69, 9.17) is 4.74 Å². The van der Waals surface area contributed by atoms with Crippen LogP contribution in [0, 0.1) is 17.1 Å². The summed E-state index contributed by atoms with van der Waals surface area (Å²) < 4.78 is 20.9. The van der Waals surface area contributed by atoms with E-state index in [1.165, 1.54) is 42.7 Å². The average Bonchev–Trinajstić information content (AvgIpc) is 3.41. The average molecular weight is 387 g/mol. The Balaban J connectivity index is 1.70. The fraction of sp³-hybridized carbons (Fsp3) is 0.0476. The fourth-order valence-electron chi connectivity index (χ4n) is 3.01. The number of ketones is 1. The van der Waals surface area contributed by atoms with Crippen molar-refractivity contribution in [2.45, 2.75) is 0 Å². The van der Waals surface area contributed by atoms with Gasteiger partial charge in [-0.25, -0.2) is 14.1 Å². The summed E-state index contributed by atoms with van der Waals surface area (Å²) in [6.07, 6.45) is 5.58. The molecule has 142 valence electrons. The van der Waals surface area contributed by atoms with E-state index >= 15 is 0 Å². The summed E-state index contributed by atoms with van der Waals surface area (Å²) >= 11 is 0. The smallest absolute Gasteiger partial charge is 0.205 e. The van der Waals surface area contributed by atoms with Gasteiger partial charge >= 0.3 is 0 Å². The highest BCUT2D eigenvalue weighted by Crippen LogP contribution is 2.26. The van der Waals surface area contributed by atoms with Gasteiger partial charge in [0.25, 0.3) is 0 Å². The van der Waals surface area contributed by atoms with Crippen LogP contribution < -0.4 is 4.74 Å². The molecule has 8 heteroatoms. The quantitative estimate of drug-likeness (QED) is 0.320. The topological polar surface area (TPSA) is 96.6 Å². The first-order valence-corrected chi connectivity index (χ1v) is 8.57. The maximum Gasteiger partial charge on any atom is 0.205 e. The zero-order chi connectivity index (χ0) is 20.4. The Morgan fingerprint density at radius 1 is 1.31 bits per heavy atom. The number of fused-ring (bicyclic) bond motifs is 1. The SMILES string of the molecule is COc1ccc2[nH]cc(C(=O)/C(C#N)=C/c3ccc(-n4cncn4)c(F)c3)c2c1. The minimum absolute atomic E-state index is 0.110. The Morgan fingerprint density at radius 2 is 2.17 bits per heavy atom. The summed E-state index contributed by atoms with van der Waals surface area (Å²) in [5, 5.41) is 14.0. The number of aromatic amines is 1. The van der Waals surface area contributed by atoms with Crippen LogP contribution in [0.15, 0.2) is 60.8 Å². The monoisotopic (exact) mass is 387 g/mol. The van der Waals surface area contributed by atoms with Gasteiger partial charge in [0, 0.05) is 22.7 Å². The van der Waals surface area contributed by atoms with Gasteiger partial charge in [0.15, 0.2) is 0 Å². The highest BCUT2D eigenvalue weighted by molar-refractivity contribution is 6.20. The van der Waals surface area contributed by atoms with Crippen LogP contribution in [-0.2, 0) is 0 Å². The van der Waals surface area contributed by atoms with Crippen LogP contribution in [0.3, 0.4) is 0 Å². The Labute approximate surface area is 164 Å². The molecule has 0 spiro atoms. The van der Waals surface area contributed by atoms with Crippen molar-refractivity contribution < 1.29 is 13.9 Å². The first kappa shape index (κ1) is 18.1. The molecule has 0 aliphatic carbocycles. The Kier molecular flexibility index (Phi) is 4.63. The van der Waals surface area contributed by atoms with Crippen LogP contribution in [0.4, 0.5) is 4.39 Å². The zero-order valence-corrected chi connectivity index (χ0v) is 15.3. The van der Waals surface area contributed by atoms with Crippen molar-refractivity contribution in [3.63, 3.8) is 0 Å².